The first kappa shape index (κ1) is 20.1. The summed E-state index contributed by atoms with van der Waals surface area (Å²) in [5, 5.41) is 2.68. The van der Waals surface area contributed by atoms with Crippen molar-refractivity contribution in [2.24, 2.45) is 4.40 Å². The van der Waals surface area contributed by atoms with Crippen LogP contribution in [0.1, 0.15) is 52.8 Å². The van der Waals surface area contributed by atoms with Crippen molar-refractivity contribution in [3.8, 4) is 0 Å². The van der Waals surface area contributed by atoms with Gasteiger partial charge in [0.1, 0.15) is 22.2 Å². The number of nitrogens with one attached hydrogen (secondary N) is 1. The zero-order valence-electron chi connectivity index (χ0n) is 16.1. The van der Waals surface area contributed by atoms with Gasteiger partial charge < -0.3 is 14.5 Å². The number of amides is 1. The molecular formula is C18H26N4O3S. The highest BCUT2D eigenvalue weighted by Crippen LogP contribution is 2.13. The number of aromatic nitrogens is 2. The maximum absolute atomic E-state index is 12.0. The minimum atomic E-state index is -1.30. The zero-order chi connectivity index (χ0) is 19.5. The molecule has 0 aliphatic heterocycles. The highest BCUT2D eigenvalue weighted by molar-refractivity contribution is 7.85. The van der Waals surface area contributed by atoms with Crippen molar-refractivity contribution in [2.75, 3.05) is 0 Å². The molecule has 142 valence electrons. The summed E-state index contributed by atoms with van der Waals surface area (Å²) in [4.78, 5) is 16.2. The predicted molar refractivity (Wildman–Crippen MR) is 104 cm³/mol. The van der Waals surface area contributed by atoms with Gasteiger partial charge in [0.05, 0.1) is 17.0 Å². The lowest BCUT2D eigenvalue weighted by Crippen LogP contribution is -2.32. The van der Waals surface area contributed by atoms with Crippen molar-refractivity contribution in [3.05, 3.63) is 35.8 Å². The van der Waals surface area contributed by atoms with Crippen LogP contribution in [0, 0.1) is 0 Å². The number of carbonyl (C=O) groups excluding carboxylic acids is 1. The average Bonchev–Trinajstić information content (AvgIpc) is 2.90. The Morgan fingerprint density at radius 2 is 1.96 bits per heavy atom. The van der Waals surface area contributed by atoms with Crippen LogP contribution in [0.3, 0.4) is 0 Å². The van der Waals surface area contributed by atoms with Crippen LogP contribution in [0.15, 0.2) is 28.9 Å². The lowest BCUT2D eigenvalue weighted by Gasteiger charge is -2.19. The molecule has 0 bridgehead atoms. The standard InChI is InChI=1S/C18H26N4O3S/c1-17(2,3)25-16(23)19-10-14-12-22-11-13(7-8-15(22)21-14)9-20-26(24)18(4,5)6/h7-9,11-12H,10H2,1-6H3,(H,19,23). The van der Waals surface area contributed by atoms with Gasteiger partial charge in [-0.05, 0) is 53.7 Å². The Morgan fingerprint density at radius 3 is 2.58 bits per heavy atom. The van der Waals surface area contributed by atoms with E-state index in [1.165, 1.54) is 0 Å². The van der Waals surface area contributed by atoms with Gasteiger partial charge in [-0.1, -0.05) is 0 Å². The summed E-state index contributed by atoms with van der Waals surface area (Å²) >= 11 is 0. The fourth-order valence-electron chi connectivity index (χ4n) is 1.97. The lowest BCUT2D eigenvalue weighted by molar-refractivity contribution is 0.0523. The minimum Gasteiger partial charge on any atom is -0.444 e. The summed E-state index contributed by atoms with van der Waals surface area (Å²) < 4.78 is 22.8. The molecule has 2 aromatic rings. The molecule has 0 aliphatic carbocycles. The first-order valence-electron chi connectivity index (χ1n) is 8.34. The second-order valence-corrected chi connectivity index (χ2v) is 9.85. The summed E-state index contributed by atoms with van der Waals surface area (Å²) in [6.07, 6.45) is 4.79. The van der Waals surface area contributed by atoms with E-state index in [0.717, 1.165) is 11.2 Å². The third kappa shape index (κ3) is 5.94. The van der Waals surface area contributed by atoms with Gasteiger partial charge >= 0.3 is 6.09 Å². The number of carbonyl (C=O) groups is 1. The predicted octanol–water partition coefficient (Wildman–Crippen LogP) is 3.24. The molecule has 0 aromatic carbocycles. The Balaban J connectivity index is 2.06. The van der Waals surface area contributed by atoms with Gasteiger partial charge in [-0.2, -0.15) is 4.40 Å². The van der Waals surface area contributed by atoms with E-state index in [1.807, 2.05) is 70.5 Å². The number of ether oxygens (including phenoxy) is 1. The topological polar surface area (TPSA) is 85.1 Å². The van der Waals surface area contributed by atoms with Crippen LogP contribution in [0.4, 0.5) is 4.79 Å². The second-order valence-electron chi connectivity index (χ2n) is 7.91. The second kappa shape index (κ2) is 7.57. The summed E-state index contributed by atoms with van der Waals surface area (Å²) in [5.41, 5.74) is 1.74. The average molecular weight is 378 g/mol. The number of hydrogen-bond acceptors (Lipinski definition) is 4. The zero-order valence-corrected chi connectivity index (χ0v) is 16.9. The fourth-order valence-corrected chi connectivity index (χ4v) is 2.50. The van der Waals surface area contributed by atoms with Gasteiger partial charge in [0.2, 0.25) is 0 Å². The molecule has 1 amide bonds. The van der Waals surface area contributed by atoms with Crippen LogP contribution < -0.4 is 5.32 Å². The SMILES string of the molecule is CC(C)(C)OC(=O)NCc1cn2cc(C=NS(=O)C(C)(C)C)ccc2n1. The van der Waals surface area contributed by atoms with Crippen LogP contribution in [0.25, 0.3) is 5.65 Å². The third-order valence-corrected chi connectivity index (χ3v) is 4.50. The van der Waals surface area contributed by atoms with E-state index >= 15 is 0 Å². The molecule has 2 aromatic heterocycles. The lowest BCUT2D eigenvalue weighted by atomic mass is 10.2. The Hall–Kier alpha value is -2.22. The van der Waals surface area contributed by atoms with E-state index in [4.69, 9.17) is 4.74 Å². The third-order valence-electron chi connectivity index (χ3n) is 3.16. The fraction of sp³-hybridized carbons (Fsp3) is 0.500. The molecule has 26 heavy (non-hydrogen) atoms. The summed E-state index contributed by atoms with van der Waals surface area (Å²) in [6.45, 7) is 11.3. The Bertz CT molecular complexity index is 844. The van der Waals surface area contributed by atoms with Gasteiger partial charge in [-0.15, -0.1) is 0 Å². The molecule has 0 aliphatic rings. The first-order valence-corrected chi connectivity index (χ1v) is 9.45. The van der Waals surface area contributed by atoms with Crippen LogP contribution in [0.5, 0.6) is 0 Å². The molecule has 2 rings (SSSR count). The van der Waals surface area contributed by atoms with E-state index in [2.05, 4.69) is 14.7 Å². The van der Waals surface area contributed by atoms with Crippen molar-refractivity contribution in [3.63, 3.8) is 0 Å². The number of pyridine rings is 1. The molecule has 0 saturated carbocycles. The van der Waals surface area contributed by atoms with E-state index in [1.54, 1.807) is 6.21 Å². The molecular weight excluding hydrogens is 352 g/mol. The van der Waals surface area contributed by atoms with E-state index in [-0.39, 0.29) is 6.54 Å². The Morgan fingerprint density at radius 1 is 1.27 bits per heavy atom. The molecule has 0 fully saturated rings. The van der Waals surface area contributed by atoms with E-state index in [0.29, 0.717) is 5.69 Å². The maximum Gasteiger partial charge on any atom is 0.407 e. The number of fused-ring (bicyclic) bond motifs is 1. The molecule has 0 spiro atoms. The number of alkyl carbamates (subject to hydrolysis) is 1. The minimum absolute atomic E-state index is 0.272. The molecule has 0 radical (unpaired) electrons. The smallest absolute Gasteiger partial charge is 0.407 e. The normalized spacial score (nSPS) is 13.9. The quantitative estimate of drug-likeness (QED) is 0.828. The number of nitrogens with zero attached hydrogens (tertiary/aromatic N) is 3. The summed E-state index contributed by atoms with van der Waals surface area (Å²) in [7, 11) is -1.30. The van der Waals surface area contributed by atoms with Gasteiger partial charge in [0, 0.05) is 24.2 Å². The van der Waals surface area contributed by atoms with Crippen molar-refractivity contribution < 1.29 is 13.7 Å². The number of hydrogen-bond donors (Lipinski definition) is 1. The number of imidazole rings is 1. The number of rotatable bonds is 4. The van der Waals surface area contributed by atoms with Crippen molar-refractivity contribution in [1.29, 1.82) is 0 Å². The van der Waals surface area contributed by atoms with Crippen LogP contribution in [-0.4, -0.2) is 36.2 Å². The van der Waals surface area contributed by atoms with Crippen molar-refractivity contribution in [1.82, 2.24) is 14.7 Å². The van der Waals surface area contributed by atoms with Crippen LogP contribution >= 0.6 is 0 Å². The van der Waals surface area contributed by atoms with Gasteiger partial charge in [0.15, 0.2) is 0 Å². The maximum atomic E-state index is 12.0. The monoisotopic (exact) mass is 378 g/mol. The molecule has 1 unspecified atom stereocenters. The van der Waals surface area contributed by atoms with E-state index < -0.39 is 27.4 Å². The first-order chi connectivity index (χ1) is 11.9. The summed E-state index contributed by atoms with van der Waals surface area (Å²) in [5.74, 6) is 0. The summed E-state index contributed by atoms with van der Waals surface area (Å²) in [6, 6.07) is 3.70. The van der Waals surface area contributed by atoms with Gasteiger partial charge in [-0.3, -0.25) is 0 Å². The van der Waals surface area contributed by atoms with E-state index in [9.17, 15) is 9.00 Å². The van der Waals surface area contributed by atoms with Crippen molar-refractivity contribution in [2.45, 2.75) is 58.4 Å². The molecule has 2 heterocycles. The highest BCUT2D eigenvalue weighted by atomic mass is 32.2. The van der Waals surface area contributed by atoms with Crippen LogP contribution in [-0.2, 0) is 22.3 Å². The molecule has 7 nitrogen and oxygen atoms in total. The molecule has 8 heteroatoms. The largest absolute Gasteiger partial charge is 0.444 e. The van der Waals surface area contributed by atoms with Crippen LogP contribution in [0.2, 0.25) is 0 Å². The Kier molecular flexibility index (Phi) is 5.85. The Labute approximate surface area is 156 Å². The van der Waals surface area contributed by atoms with Gasteiger partial charge in [0.25, 0.3) is 0 Å². The molecule has 1 atom stereocenters. The molecule has 1 N–H and O–H groups in total. The molecule has 0 saturated heterocycles. The van der Waals surface area contributed by atoms with Crippen molar-refractivity contribution >= 4 is 28.9 Å². The van der Waals surface area contributed by atoms with Gasteiger partial charge in [-0.25, -0.2) is 14.0 Å². The highest BCUT2D eigenvalue weighted by Gasteiger charge is 2.18.